The van der Waals surface area contributed by atoms with Crippen molar-refractivity contribution in [1.82, 2.24) is 4.57 Å². The summed E-state index contributed by atoms with van der Waals surface area (Å²) in [7, 11) is 1.55. The second-order valence-electron chi connectivity index (χ2n) is 8.31. The van der Waals surface area contributed by atoms with Crippen LogP contribution in [0.25, 0.3) is 10.9 Å². The first kappa shape index (κ1) is 24.2. The van der Waals surface area contributed by atoms with E-state index in [1.54, 1.807) is 13.2 Å². The molecular weight excluding hydrogens is 457 g/mol. The molecule has 0 aliphatic rings. The van der Waals surface area contributed by atoms with E-state index >= 15 is 0 Å². The summed E-state index contributed by atoms with van der Waals surface area (Å²) in [6, 6.07) is 18.5. The maximum Gasteiger partial charge on any atom is 0.416 e. The Morgan fingerprint density at radius 3 is 2.40 bits per heavy atom. The molecule has 0 bridgehead atoms. The van der Waals surface area contributed by atoms with Gasteiger partial charge in [0, 0.05) is 29.6 Å². The van der Waals surface area contributed by atoms with Gasteiger partial charge < -0.3 is 19.7 Å². The van der Waals surface area contributed by atoms with Crippen LogP contribution in [0, 0.1) is 6.92 Å². The minimum Gasteiger partial charge on any atom is -0.496 e. The van der Waals surface area contributed by atoms with Gasteiger partial charge in [-0.1, -0.05) is 42.5 Å². The maximum absolute atomic E-state index is 13.2. The number of hydrogen-bond donors (Lipinski definition) is 2. The van der Waals surface area contributed by atoms with Crippen molar-refractivity contribution in [3.8, 4) is 5.75 Å². The number of ether oxygens (including phenoxy) is 1. The molecule has 0 saturated heterocycles. The fourth-order valence-electron chi connectivity index (χ4n) is 4.41. The SMILES string of the molecule is COc1ccc2c(c1C)c(CC(=O)O)c(NCc1cccc(C(F)(F)F)c1)n2Cc1ccccc1. The number of nitrogens with one attached hydrogen (secondary N) is 1. The third kappa shape index (κ3) is 5.11. The molecule has 0 aliphatic heterocycles. The van der Waals surface area contributed by atoms with E-state index in [1.807, 2.05) is 54.0 Å². The molecule has 8 heteroatoms. The molecular formula is C27H25F3N2O3. The zero-order valence-corrected chi connectivity index (χ0v) is 19.3. The number of rotatable bonds is 8. The summed E-state index contributed by atoms with van der Waals surface area (Å²) in [4.78, 5) is 11.8. The van der Waals surface area contributed by atoms with Crippen molar-refractivity contribution in [2.75, 3.05) is 12.4 Å². The maximum atomic E-state index is 13.2. The van der Waals surface area contributed by atoms with Gasteiger partial charge in [-0.2, -0.15) is 13.2 Å². The molecule has 2 N–H and O–H groups in total. The van der Waals surface area contributed by atoms with Crippen molar-refractivity contribution in [3.63, 3.8) is 0 Å². The largest absolute Gasteiger partial charge is 0.496 e. The van der Waals surface area contributed by atoms with Gasteiger partial charge in [-0.15, -0.1) is 0 Å². The van der Waals surface area contributed by atoms with Crippen molar-refractivity contribution >= 4 is 22.7 Å². The van der Waals surface area contributed by atoms with E-state index in [9.17, 15) is 23.1 Å². The van der Waals surface area contributed by atoms with Gasteiger partial charge >= 0.3 is 12.1 Å². The van der Waals surface area contributed by atoms with Crippen LogP contribution in [0.4, 0.5) is 19.0 Å². The van der Waals surface area contributed by atoms with Crippen LogP contribution < -0.4 is 10.1 Å². The molecule has 5 nitrogen and oxygen atoms in total. The summed E-state index contributed by atoms with van der Waals surface area (Å²) in [5.41, 5.74) is 2.89. The highest BCUT2D eigenvalue weighted by atomic mass is 19.4. The minimum absolute atomic E-state index is 0.0951. The van der Waals surface area contributed by atoms with Crippen LogP contribution in [0.2, 0.25) is 0 Å². The Morgan fingerprint density at radius 1 is 1.03 bits per heavy atom. The topological polar surface area (TPSA) is 63.5 Å². The number of benzene rings is 3. The van der Waals surface area contributed by atoms with Gasteiger partial charge in [-0.05, 0) is 42.3 Å². The first-order valence-corrected chi connectivity index (χ1v) is 11.0. The van der Waals surface area contributed by atoms with Gasteiger partial charge in [0.2, 0.25) is 0 Å². The van der Waals surface area contributed by atoms with Gasteiger partial charge in [0.1, 0.15) is 11.6 Å². The molecule has 1 aromatic heterocycles. The van der Waals surface area contributed by atoms with Gasteiger partial charge in [0.05, 0.1) is 24.6 Å². The third-order valence-corrected chi connectivity index (χ3v) is 5.99. The zero-order valence-electron chi connectivity index (χ0n) is 19.3. The lowest BCUT2D eigenvalue weighted by atomic mass is 10.0. The molecule has 0 spiro atoms. The van der Waals surface area contributed by atoms with Crippen molar-refractivity contribution in [2.24, 2.45) is 0 Å². The smallest absolute Gasteiger partial charge is 0.416 e. The molecule has 0 atom stereocenters. The Morgan fingerprint density at radius 2 is 1.74 bits per heavy atom. The number of aryl methyl sites for hydroxylation is 1. The molecule has 0 fully saturated rings. The van der Waals surface area contributed by atoms with E-state index in [0.717, 1.165) is 34.2 Å². The Balaban J connectivity index is 1.85. The van der Waals surface area contributed by atoms with E-state index < -0.39 is 17.7 Å². The number of fused-ring (bicyclic) bond motifs is 1. The Labute approximate surface area is 200 Å². The summed E-state index contributed by atoms with van der Waals surface area (Å²) in [5, 5.41) is 13.7. The van der Waals surface area contributed by atoms with E-state index in [-0.39, 0.29) is 13.0 Å². The first-order chi connectivity index (χ1) is 16.7. The summed E-state index contributed by atoms with van der Waals surface area (Å²) in [5.74, 6) is 0.179. The number of aromatic nitrogens is 1. The molecule has 3 aromatic carbocycles. The highest BCUT2D eigenvalue weighted by Gasteiger charge is 2.30. The van der Waals surface area contributed by atoms with E-state index in [1.165, 1.54) is 6.07 Å². The van der Waals surface area contributed by atoms with Crippen LogP contribution in [-0.4, -0.2) is 22.8 Å². The molecule has 4 aromatic rings. The van der Waals surface area contributed by atoms with Crippen molar-refractivity contribution in [3.05, 3.63) is 94.5 Å². The fourth-order valence-corrected chi connectivity index (χ4v) is 4.41. The number of carboxylic acids is 1. The second-order valence-corrected chi connectivity index (χ2v) is 8.31. The van der Waals surface area contributed by atoms with Gasteiger partial charge in [0.15, 0.2) is 0 Å². The predicted molar refractivity (Wildman–Crippen MR) is 129 cm³/mol. The molecule has 0 unspecified atom stereocenters. The van der Waals surface area contributed by atoms with E-state index in [4.69, 9.17) is 4.74 Å². The normalized spacial score (nSPS) is 11.6. The number of aliphatic carboxylic acids is 1. The summed E-state index contributed by atoms with van der Waals surface area (Å²) >= 11 is 0. The molecule has 4 rings (SSSR count). The summed E-state index contributed by atoms with van der Waals surface area (Å²) in [6.07, 6.45) is -4.70. The summed E-state index contributed by atoms with van der Waals surface area (Å²) < 4.78 is 47.0. The lowest BCUT2D eigenvalue weighted by Gasteiger charge is -2.15. The van der Waals surface area contributed by atoms with Crippen molar-refractivity contribution in [2.45, 2.75) is 32.6 Å². The molecule has 0 aliphatic carbocycles. The Kier molecular flexibility index (Phi) is 6.73. The Bertz CT molecular complexity index is 1360. The van der Waals surface area contributed by atoms with Crippen LogP contribution in [0.1, 0.15) is 27.8 Å². The molecule has 0 radical (unpaired) electrons. The van der Waals surface area contributed by atoms with Gasteiger partial charge in [0.25, 0.3) is 0 Å². The number of halogens is 3. The minimum atomic E-state index is -4.44. The molecule has 1 heterocycles. The van der Waals surface area contributed by atoms with Crippen LogP contribution in [0.3, 0.4) is 0 Å². The molecule has 35 heavy (non-hydrogen) atoms. The number of methoxy groups -OCH3 is 1. The lowest BCUT2D eigenvalue weighted by molar-refractivity contribution is -0.138. The van der Waals surface area contributed by atoms with Crippen LogP contribution in [-0.2, 0) is 30.5 Å². The fraction of sp³-hybridized carbons (Fsp3) is 0.222. The van der Waals surface area contributed by atoms with Crippen LogP contribution >= 0.6 is 0 Å². The highest BCUT2D eigenvalue weighted by Crippen LogP contribution is 2.38. The van der Waals surface area contributed by atoms with Crippen molar-refractivity contribution < 1.29 is 27.8 Å². The number of alkyl halides is 3. The second kappa shape index (κ2) is 9.74. The highest BCUT2D eigenvalue weighted by molar-refractivity contribution is 5.96. The van der Waals surface area contributed by atoms with Crippen LogP contribution in [0.5, 0.6) is 5.75 Å². The quantitative estimate of drug-likeness (QED) is 0.311. The first-order valence-electron chi connectivity index (χ1n) is 11.0. The standard InChI is InChI=1S/C27H25F3N2O3/c1-17-23(35-2)12-11-22-25(17)21(14-24(33)34)26(32(22)16-18-7-4-3-5-8-18)31-15-19-9-6-10-20(13-19)27(28,29)30/h3-13,31H,14-16H2,1-2H3,(H,33,34). The third-order valence-electron chi connectivity index (χ3n) is 5.99. The predicted octanol–water partition coefficient (Wildman–Crippen LogP) is 6.26. The number of nitrogens with zero attached hydrogens (tertiary/aromatic N) is 1. The zero-order chi connectivity index (χ0) is 25.2. The van der Waals surface area contributed by atoms with E-state index in [0.29, 0.717) is 29.2 Å². The van der Waals surface area contributed by atoms with Crippen LogP contribution in [0.15, 0.2) is 66.7 Å². The average Bonchev–Trinajstić information content (AvgIpc) is 3.10. The molecule has 182 valence electrons. The van der Waals surface area contributed by atoms with E-state index in [2.05, 4.69) is 5.32 Å². The monoisotopic (exact) mass is 482 g/mol. The number of carbonyl (C=O) groups is 1. The van der Waals surface area contributed by atoms with Gasteiger partial charge in [-0.25, -0.2) is 0 Å². The summed E-state index contributed by atoms with van der Waals surface area (Å²) in [6.45, 7) is 2.42. The van der Waals surface area contributed by atoms with Gasteiger partial charge in [-0.3, -0.25) is 4.79 Å². The Hall–Kier alpha value is -3.94. The molecule has 0 amide bonds. The van der Waals surface area contributed by atoms with Crippen molar-refractivity contribution in [1.29, 1.82) is 0 Å². The number of anilines is 1. The average molecular weight is 483 g/mol. The lowest BCUT2D eigenvalue weighted by Crippen LogP contribution is -2.12. The number of carboxylic acid groups (broad SMARTS) is 1. The molecule has 0 saturated carbocycles. The number of hydrogen-bond acceptors (Lipinski definition) is 3.